The molecule has 4 nitrogen and oxygen atoms in total. The molecule has 3 aliphatic rings. The molecule has 1 saturated carbocycles. The average Bonchev–Trinajstić information content (AvgIpc) is 3.07. The van der Waals surface area contributed by atoms with Crippen LogP contribution in [0.25, 0.3) is 0 Å². The van der Waals surface area contributed by atoms with Gasteiger partial charge in [-0.25, -0.2) is 0 Å². The predicted octanol–water partition coefficient (Wildman–Crippen LogP) is 5.02. The molecule has 2 aliphatic heterocycles. The third-order valence-electron chi connectivity index (χ3n) is 6.63. The highest BCUT2D eigenvalue weighted by molar-refractivity contribution is 5.51. The van der Waals surface area contributed by atoms with E-state index >= 15 is 0 Å². The maximum absolute atomic E-state index is 6.60. The van der Waals surface area contributed by atoms with Crippen LogP contribution in [0.4, 0.5) is 0 Å². The normalized spacial score (nSPS) is 24.9. The van der Waals surface area contributed by atoms with Crippen molar-refractivity contribution in [1.29, 1.82) is 0 Å². The number of rotatable bonds is 7. The summed E-state index contributed by atoms with van der Waals surface area (Å²) in [5.74, 6) is 2.84. The van der Waals surface area contributed by atoms with Crippen molar-refractivity contribution in [2.75, 3.05) is 26.8 Å². The van der Waals surface area contributed by atoms with Gasteiger partial charge in [0.25, 0.3) is 5.79 Å². The van der Waals surface area contributed by atoms with Gasteiger partial charge in [0.1, 0.15) is 0 Å². The Labute approximate surface area is 164 Å². The molecule has 2 fully saturated rings. The molecule has 2 heterocycles. The lowest BCUT2D eigenvalue weighted by molar-refractivity contribution is -0.105. The topological polar surface area (TPSA) is 39.7 Å². The van der Waals surface area contributed by atoms with E-state index in [4.69, 9.17) is 14.2 Å². The zero-order valence-corrected chi connectivity index (χ0v) is 16.8. The van der Waals surface area contributed by atoms with Crippen molar-refractivity contribution in [3.63, 3.8) is 0 Å². The lowest BCUT2D eigenvalue weighted by atomic mass is 9.78. The van der Waals surface area contributed by atoms with Gasteiger partial charge in [-0.1, -0.05) is 25.0 Å². The van der Waals surface area contributed by atoms with Crippen LogP contribution in [-0.2, 0) is 4.74 Å². The van der Waals surface area contributed by atoms with Crippen LogP contribution in [0.1, 0.15) is 75.7 Å². The zero-order chi connectivity index (χ0) is 18.5. The van der Waals surface area contributed by atoms with Gasteiger partial charge in [-0.15, -0.1) is 0 Å². The first-order chi connectivity index (χ1) is 13.3. The third-order valence-corrected chi connectivity index (χ3v) is 6.63. The number of nitrogens with one attached hydrogen (secondary N) is 1. The molecular weight excluding hydrogens is 338 g/mol. The summed E-state index contributed by atoms with van der Waals surface area (Å²) >= 11 is 0. The quantitative estimate of drug-likeness (QED) is 0.681. The van der Waals surface area contributed by atoms with Crippen molar-refractivity contribution in [1.82, 2.24) is 5.32 Å². The molecule has 1 spiro atoms. The van der Waals surface area contributed by atoms with Crippen LogP contribution in [-0.4, -0.2) is 32.6 Å². The number of fused-ring (bicyclic) bond motifs is 1. The van der Waals surface area contributed by atoms with Gasteiger partial charge in [-0.3, -0.25) is 0 Å². The molecule has 1 aliphatic carbocycles. The summed E-state index contributed by atoms with van der Waals surface area (Å²) in [6.07, 6.45) is 11.8. The van der Waals surface area contributed by atoms with Crippen LogP contribution >= 0.6 is 0 Å². The van der Waals surface area contributed by atoms with Gasteiger partial charge in [0, 0.05) is 32.1 Å². The lowest BCUT2D eigenvalue weighted by Crippen LogP contribution is -2.40. The molecule has 0 aromatic heterocycles. The maximum atomic E-state index is 6.60. The predicted molar refractivity (Wildman–Crippen MR) is 108 cm³/mol. The molecule has 27 heavy (non-hydrogen) atoms. The van der Waals surface area contributed by atoms with E-state index in [1.54, 1.807) is 7.11 Å². The first kappa shape index (κ1) is 19.1. The number of benzene rings is 1. The second-order valence-electron chi connectivity index (χ2n) is 8.55. The lowest BCUT2D eigenvalue weighted by Gasteiger charge is -2.33. The minimum atomic E-state index is -0.387. The van der Waals surface area contributed by atoms with Crippen LogP contribution in [0.2, 0.25) is 0 Å². The molecule has 4 rings (SSSR count). The average molecular weight is 374 g/mol. The maximum Gasteiger partial charge on any atom is 0.251 e. The molecule has 0 unspecified atom stereocenters. The van der Waals surface area contributed by atoms with Gasteiger partial charge in [0.05, 0.1) is 0 Å². The van der Waals surface area contributed by atoms with Crippen LogP contribution < -0.4 is 14.8 Å². The van der Waals surface area contributed by atoms with Crippen LogP contribution in [0.15, 0.2) is 18.2 Å². The van der Waals surface area contributed by atoms with Crippen molar-refractivity contribution in [2.45, 2.75) is 75.9 Å². The first-order valence-corrected chi connectivity index (χ1v) is 11.0. The third kappa shape index (κ3) is 4.27. The van der Waals surface area contributed by atoms with Gasteiger partial charge in [-0.05, 0) is 69.5 Å². The molecule has 1 saturated heterocycles. The molecule has 0 amide bonds. The number of unbranched alkanes of at least 4 members (excludes halogenated alkanes) is 1. The van der Waals surface area contributed by atoms with E-state index < -0.39 is 0 Å². The molecular formula is C23H35NO3. The Hall–Kier alpha value is -1.26. The van der Waals surface area contributed by atoms with Gasteiger partial charge < -0.3 is 19.5 Å². The Bertz CT molecular complexity index is 606. The van der Waals surface area contributed by atoms with E-state index in [0.717, 1.165) is 50.5 Å². The van der Waals surface area contributed by atoms with E-state index in [0.29, 0.717) is 11.8 Å². The van der Waals surface area contributed by atoms with Crippen LogP contribution in [0, 0.1) is 5.92 Å². The fourth-order valence-corrected chi connectivity index (χ4v) is 5.19. The first-order valence-electron chi connectivity index (χ1n) is 11.0. The molecule has 0 bridgehead atoms. The molecule has 1 aromatic carbocycles. The summed E-state index contributed by atoms with van der Waals surface area (Å²) in [5, 5.41) is 3.61. The van der Waals surface area contributed by atoms with Crippen molar-refractivity contribution >= 4 is 0 Å². The Morgan fingerprint density at radius 2 is 2.04 bits per heavy atom. The van der Waals surface area contributed by atoms with Gasteiger partial charge in [-0.2, -0.15) is 0 Å². The molecule has 2 atom stereocenters. The molecule has 1 N–H and O–H groups in total. The highest BCUT2D eigenvalue weighted by Crippen LogP contribution is 2.51. The van der Waals surface area contributed by atoms with Crippen molar-refractivity contribution in [3.05, 3.63) is 23.8 Å². The second kappa shape index (κ2) is 8.83. The number of methoxy groups -OCH3 is 1. The fourth-order valence-electron chi connectivity index (χ4n) is 5.19. The highest BCUT2D eigenvalue weighted by Gasteiger charge is 2.44. The summed E-state index contributed by atoms with van der Waals surface area (Å²) in [6.45, 7) is 3.12. The molecule has 1 aromatic rings. The number of piperidine rings is 1. The second-order valence-corrected chi connectivity index (χ2v) is 8.55. The Morgan fingerprint density at radius 3 is 2.81 bits per heavy atom. The summed E-state index contributed by atoms with van der Waals surface area (Å²) < 4.78 is 18.3. The summed E-state index contributed by atoms with van der Waals surface area (Å²) in [7, 11) is 1.79. The number of ether oxygens (including phenoxy) is 3. The molecule has 4 heteroatoms. The standard InChI is InChI=1S/C23H35NO3/c1-25-16-6-3-10-19(18-9-8-15-24-17-18)20-11-7-12-21-22(20)27-23(26-21)13-4-2-5-14-23/h7,11-12,18-19,24H,2-6,8-10,13-17H2,1H3/t18-,19-/m0/s1. The summed E-state index contributed by atoms with van der Waals surface area (Å²) in [6, 6.07) is 6.56. The highest BCUT2D eigenvalue weighted by atomic mass is 16.7. The number of hydrogen-bond donors (Lipinski definition) is 1. The summed E-state index contributed by atoms with van der Waals surface area (Å²) in [5.41, 5.74) is 1.38. The minimum Gasteiger partial charge on any atom is -0.448 e. The zero-order valence-electron chi connectivity index (χ0n) is 16.8. The fraction of sp³-hybridized carbons (Fsp3) is 0.739. The molecule has 150 valence electrons. The largest absolute Gasteiger partial charge is 0.448 e. The van der Waals surface area contributed by atoms with E-state index in [9.17, 15) is 0 Å². The van der Waals surface area contributed by atoms with Gasteiger partial charge in [0.2, 0.25) is 0 Å². The van der Waals surface area contributed by atoms with E-state index in [1.165, 1.54) is 50.5 Å². The molecule has 0 radical (unpaired) electrons. The Balaban J connectivity index is 1.56. The van der Waals surface area contributed by atoms with Crippen LogP contribution in [0.5, 0.6) is 11.5 Å². The van der Waals surface area contributed by atoms with Crippen molar-refractivity contribution in [2.24, 2.45) is 5.92 Å². The summed E-state index contributed by atoms with van der Waals surface area (Å²) in [4.78, 5) is 0. The van der Waals surface area contributed by atoms with Crippen molar-refractivity contribution in [3.8, 4) is 11.5 Å². The van der Waals surface area contributed by atoms with Gasteiger partial charge >= 0.3 is 0 Å². The van der Waals surface area contributed by atoms with Gasteiger partial charge in [0.15, 0.2) is 11.5 Å². The minimum absolute atomic E-state index is 0.387. The smallest absolute Gasteiger partial charge is 0.251 e. The van der Waals surface area contributed by atoms with Crippen LogP contribution in [0.3, 0.4) is 0 Å². The van der Waals surface area contributed by atoms with E-state index in [1.807, 2.05) is 0 Å². The van der Waals surface area contributed by atoms with E-state index in [2.05, 4.69) is 23.5 Å². The number of para-hydroxylation sites is 1. The van der Waals surface area contributed by atoms with E-state index in [-0.39, 0.29) is 5.79 Å². The Morgan fingerprint density at radius 1 is 1.15 bits per heavy atom. The monoisotopic (exact) mass is 373 g/mol. The number of hydrogen-bond acceptors (Lipinski definition) is 4. The SMILES string of the molecule is COCCCC[C@H](c1cccc2c1OC1(CCCCC1)O2)[C@H]1CCCNC1. The van der Waals surface area contributed by atoms with Crippen molar-refractivity contribution < 1.29 is 14.2 Å². The Kier molecular flexibility index (Phi) is 6.24.